The topological polar surface area (TPSA) is 342 Å². The molecule has 1 aromatic rings. The number of aliphatic hydroxyl groups excluding tert-OH is 1. The molecule has 9 atom stereocenters. The van der Waals surface area contributed by atoms with Crippen molar-refractivity contribution in [3.05, 3.63) is 29.8 Å². The first-order chi connectivity index (χ1) is 32.3. The van der Waals surface area contributed by atoms with Gasteiger partial charge >= 0.3 is 0 Å². The predicted octanol–water partition coefficient (Wildman–Crippen LogP) is -0.863. The first kappa shape index (κ1) is 57.1. The first-order valence-electron chi connectivity index (χ1n) is 23.0. The quantitative estimate of drug-likeness (QED) is 0.0808. The minimum absolute atomic E-state index is 0.0590. The normalized spacial score (nSPS) is 24.0. The molecule has 2 heterocycles. The number of carbonyl (C=O) groups is 10. The van der Waals surface area contributed by atoms with Crippen LogP contribution >= 0.6 is 21.6 Å². The molecule has 0 aromatic heterocycles. The van der Waals surface area contributed by atoms with Gasteiger partial charge in [0.1, 0.15) is 29.9 Å². The number of carbonyl (C=O) groups excluding carboxylic acids is 10. The highest BCUT2D eigenvalue weighted by Crippen LogP contribution is 2.27. The van der Waals surface area contributed by atoms with Crippen molar-refractivity contribution in [1.82, 2.24) is 31.5 Å². The maximum absolute atomic E-state index is 14.4. The minimum Gasteiger partial charge on any atom is -0.494 e. The molecule has 0 aliphatic carbocycles. The summed E-state index contributed by atoms with van der Waals surface area (Å²) in [6, 6.07) is 0.866. The Balaban J connectivity index is 1.99. The molecule has 2 saturated heterocycles. The van der Waals surface area contributed by atoms with E-state index < -0.39 is 132 Å². The van der Waals surface area contributed by atoms with Crippen molar-refractivity contribution in [3.8, 4) is 5.75 Å². The zero-order valence-electron chi connectivity index (χ0n) is 39.3. The Bertz CT molecular complexity index is 1940. The number of Topliss-reactive ketones (excluding diaryl/α,β-unsaturated/α-hetero) is 2. The summed E-state index contributed by atoms with van der Waals surface area (Å²) in [5.41, 5.74) is 17.1. The average molecular weight is 992 g/mol. The molecular formula is C45H69N9O12S2. The molecule has 1 aromatic carbocycles. The highest BCUT2D eigenvalue weighted by atomic mass is 33.1. The van der Waals surface area contributed by atoms with Crippen LogP contribution in [0.4, 0.5) is 0 Å². The van der Waals surface area contributed by atoms with E-state index in [9.17, 15) is 53.1 Å². The van der Waals surface area contributed by atoms with Gasteiger partial charge in [-0.05, 0) is 76.1 Å². The van der Waals surface area contributed by atoms with E-state index in [-0.39, 0.29) is 56.7 Å². The number of hydrogen-bond donors (Lipinski definition) is 9. The second-order valence-electron chi connectivity index (χ2n) is 17.1. The Kier molecular flexibility index (Phi) is 24.3. The van der Waals surface area contributed by atoms with E-state index in [1.165, 1.54) is 22.6 Å². The largest absolute Gasteiger partial charge is 0.494 e. The Hall–Kier alpha value is -5.26. The van der Waals surface area contributed by atoms with E-state index >= 15 is 0 Å². The number of primary amides is 2. The molecule has 2 aliphatic rings. The number of likely N-dealkylation sites (tertiary alicyclic amines) is 1. The van der Waals surface area contributed by atoms with Crippen LogP contribution < -0.4 is 48.5 Å². The van der Waals surface area contributed by atoms with E-state index in [4.69, 9.17) is 21.9 Å². The Morgan fingerprint density at radius 3 is 2.25 bits per heavy atom. The molecular weight excluding hydrogens is 923 g/mol. The molecule has 0 saturated carbocycles. The summed E-state index contributed by atoms with van der Waals surface area (Å²) in [7, 11) is 2.33. The number of ether oxygens (including phenoxy) is 1. The lowest BCUT2D eigenvalue weighted by atomic mass is 9.84. The Labute approximate surface area is 404 Å². The van der Waals surface area contributed by atoms with Gasteiger partial charge in [0.25, 0.3) is 0 Å². The highest BCUT2D eigenvalue weighted by molar-refractivity contribution is 8.76. The fourth-order valence-electron chi connectivity index (χ4n) is 7.87. The van der Waals surface area contributed by atoms with E-state index in [1.54, 1.807) is 31.2 Å². The number of nitrogens with one attached hydrogen (secondary N) is 5. The van der Waals surface area contributed by atoms with Crippen molar-refractivity contribution in [3.63, 3.8) is 0 Å². The molecule has 8 amide bonds. The number of rotatable bonds is 18. The lowest BCUT2D eigenvalue weighted by Gasteiger charge is -2.31. The summed E-state index contributed by atoms with van der Waals surface area (Å²) in [6.45, 7) is 6.97. The van der Waals surface area contributed by atoms with Gasteiger partial charge in [-0.1, -0.05) is 54.0 Å². The van der Waals surface area contributed by atoms with Crippen molar-refractivity contribution < 1.29 is 57.8 Å². The van der Waals surface area contributed by atoms with Crippen molar-refractivity contribution in [2.75, 3.05) is 37.7 Å². The molecule has 378 valence electrons. The maximum atomic E-state index is 14.4. The summed E-state index contributed by atoms with van der Waals surface area (Å²) in [5.74, 6) is -9.30. The monoisotopic (exact) mass is 991 g/mol. The van der Waals surface area contributed by atoms with Crippen LogP contribution in [0.2, 0.25) is 0 Å². The third-order valence-corrected chi connectivity index (χ3v) is 14.2. The molecule has 2 fully saturated rings. The highest BCUT2D eigenvalue weighted by Gasteiger charge is 2.41. The number of nitrogens with two attached hydrogens (primary N) is 3. The van der Waals surface area contributed by atoms with Crippen LogP contribution in [0.3, 0.4) is 0 Å². The van der Waals surface area contributed by atoms with Crippen molar-refractivity contribution in [1.29, 1.82) is 0 Å². The number of ketones is 2. The van der Waals surface area contributed by atoms with Crippen LogP contribution in [0.1, 0.15) is 91.0 Å². The minimum atomic E-state index is -1.59. The Morgan fingerprint density at radius 2 is 1.63 bits per heavy atom. The van der Waals surface area contributed by atoms with Crippen LogP contribution in [0, 0.1) is 17.8 Å². The molecule has 0 bridgehead atoms. The van der Waals surface area contributed by atoms with Crippen LogP contribution in [0.5, 0.6) is 5.75 Å². The molecule has 3 rings (SSSR count). The molecule has 21 nitrogen and oxygen atoms in total. The van der Waals surface area contributed by atoms with Gasteiger partial charge in [0.2, 0.25) is 47.3 Å². The van der Waals surface area contributed by atoms with Crippen molar-refractivity contribution >= 4 is 80.4 Å². The summed E-state index contributed by atoms with van der Waals surface area (Å²) in [6.07, 6.45) is -1.60. The van der Waals surface area contributed by atoms with Gasteiger partial charge in [-0.3, -0.25) is 47.9 Å². The number of aliphatic hydroxyl groups is 1. The van der Waals surface area contributed by atoms with E-state index in [0.717, 1.165) is 10.8 Å². The summed E-state index contributed by atoms with van der Waals surface area (Å²) in [5, 5.41) is 23.9. The summed E-state index contributed by atoms with van der Waals surface area (Å²) < 4.78 is 5.55. The molecule has 0 spiro atoms. The van der Waals surface area contributed by atoms with Crippen LogP contribution in [0.15, 0.2) is 24.3 Å². The lowest BCUT2D eigenvalue weighted by molar-refractivity contribution is -0.142. The fourth-order valence-corrected chi connectivity index (χ4v) is 10.0. The van der Waals surface area contributed by atoms with Gasteiger partial charge in [0.15, 0.2) is 11.6 Å². The van der Waals surface area contributed by atoms with Gasteiger partial charge in [0.05, 0.1) is 31.2 Å². The van der Waals surface area contributed by atoms with E-state index in [0.29, 0.717) is 37.2 Å². The summed E-state index contributed by atoms with van der Waals surface area (Å²) in [4.78, 5) is 136. The smallest absolute Gasteiger partial charge is 0.246 e. The number of nitrogens with zero attached hydrogens (tertiary/aromatic N) is 1. The first-order valence-corrected chi connectivity index (χ1v) is 25.5. The average Bonchev–Trinajstić information content (AvgIpc) is 3.79. The van der Waals surface area contributed by atoms with Gasteiger partial charge in [-0.15, -0.1) is 0 Å². The van der Waals surface area contributed by atoms with Crippen LogP contribution in [0.25, 0.3) is 0 Å². The molecule has 68 heavy (non-hydrogen) atoms. The van der Waals surface area contributed by atoms with Gasteiger partial charge in [-0.25, -0.2) is 0 Å². The standard InChI is InChI=1S/C45H69N9O12S2/c1-5-25(3)30-22-35(56)32(19-27-11-13-29(14-12-27)66-6-2)50-39(60)15-18-67-68-24-33(52-41(61)28(21-37(47)58)20-36(57)40(26(4)55)53-42(30)62)45(65)54-17-8-10-34(54)44(64)51-31(9-7-16-46)43(63)49-23-38(48)59/h11-14,25-26,28,30-34,40,55H,5-10,15-24,46H2,1-4H3,(H2,47,58)(H2,48,59)(H,49,63)(H,50,60)(H,51,64)(H,52,61)(H,53,62)/t25-,26+,28-,30-,31-,32+,33-,34-,40-/m0/s1. The molecule has 0 unspecified atom stereocenters. The third kappa shape index (κ3) is 18.3. The number of hydrogen-bond acceptors (Lipinski definition) is 15. The number of amides is 8. The lowest BCUT2D eigenvalue weighted by Crippen LogP contribution is -2.57. The van der Waals surface area contributed by atoms with Gasteiger partial charge < -0.3 is 58.5 Å². The van der Waals surface area contributed by atoms with Crippen molar-refractivity contribution in [2.45, 2.75) is 128 Å². The molecule has 23 heteroatoms. The summed E-state index contributed by atoms with van der Waals surface area (Å²) >= 11 is 0. The molecule has 12 N–H and O–H groups in total. The second-order valence-corrected chi connectivity index (χ2v) is 19.7. The third-order valence-electron chi connectivity index (χ3n) is 11.8. The van der Waals surface area contributed by atoms with Crippen LogP contribution in [-0.4, -0.2) is 143 Å². The zero-order chi connectivity index (χ0) is 50.5. The van der Waals surface area contributed by atoms with Crippen molar-refractivity contribution in [2.24, 2.45) is 35.0 Å². The van der Waals surface area contributed by atoms with Gasteiger partial charge in [0, 0.05) is 49.7 Å². The second kappa shape index (κ2) is 28.9. The predicted molar refractivity (Wildman–Crippen MR) is 255 cm³/mol. The maximum Gasteiger partial charge on any atom is 0.246 e. The Morgan fingerprint density at radius 1 is 0.926 bits per heavy atom. The SMILES string of the molecule is CCOc1ccc(C[C@H]2NC(=O)CCSSC[C@@H](C(=O)N3CCC[C@H]3C(=O)N[C@@H](CCCN)C(=O)NCC(N)=O)NC(=O)[C@H](CC(N)=O)CC(=O)[C@H]([C@@H](C)O)NC(=O)[C@H]([C@@H](C)CC)CC2=O)cc1. The number of benzene rings is 1. The van der Waals surface area contributed by atoms with Crippen LogP contribution in [-0.2, 0) is 54.4 Å². The van der Waals surface area contributed by atoms with Gasteiger partial charge in [-0.2, -0.15) is 0 Å². The molecule has 2 aliphatic heterocycles. The van der Waals surface area contributed by atoms with E-state index in [2.05, 4.69) is 26.6 Å². The molecule has 0 radical (unpaired) electrons. The van der Waals surface area contributed by atoms with E-state index in [1.807, 2.05) is 13.8 Å². The zero-order valence-corrected chi connectivity index (χ0v) is 40.9. The fraction of sp³-hybridized carbons (Fsp3) is 0.644.